The Morgan fingerprint density at radius 3 is 1.67 bits per heavy atom. The van der Waals surface area contributed by atoms with Crippen LogP contribution < -0.4 is 54.8 Å². The van der Waals surface area contributed by atoms with E-state index < -0.39 is 108 Å². The number of hydrogen-bond acceptors (Lipinski definition) is 15. The highest BCUT2D eigenvalue weighted by molar-refractivity contribution is 7.98. The van der Waals surface area contributed by atoms with Crippen LogP contribution in [0.25, 0.3) is 0 Å². The zero-order chi connectivity index (χ0) is 46.4. The minimum Gasteiger partial charge on any atom is -0.508 e. The first kappa shape index (κ1) is 53.3. The number of aliphatic carboxylic acids is 1. The molecule has 25 heteroatoms. The highest BCUT2D eigenvalue weighted by atomic mass is 32.2. The number of carbonyl (C=O) groups excluding carboxylic acids is 7. The van der Waals surface area contributed by atoms with Crippen molar-refractivity contribution in [2.24, 2.45) is 27.9 Å². The van der Waals surface area contributed by atoms with Crippen molar-refractivity contribution in [1.82, 2.24) is 31.9 Å². The van der Waals surface area contributed by atoms with E-state index in [2.05, 4.69) is 36.9 Å². The van der Waals surface area contributed by atoms with Crippen molar-refractivity contribution < 1.29 is 63.9 Å². The highest BCUT2D eigenvalue weighted by Crippen LogP contribution is 2.13. The standard InChI is InChI=1S/C36H59N11O13S/c1-17(49)27(46-29(53)21(37)10-11-26(38)52)33(57)42-22(12-14-61-3)30(54)47-28(18(2)50)34(58)44-24(15-19-6-8-20(51)9-7-19)31(55)45-25(16-48)32(56)43-23(35(59)60)5-4-13-41-36(39)40/h6-9,17-18,21-25,27-28,48-51H,4-5,10-16,37H2,1-3H3,(H2,38,52)(H,42,57)(H,43,56)(H,44,58)(H,45,55)(H,46,53)(H,47,54)(H,59,60)(H4,39,40,41)/t17-,18-,21+,22+,23+,24+,25+,27+,28+/m1/s1. The van der Waals surface area contributed by atoms with E-state index in [0.717, 1.165) is 6.92 Å². The lowest BCUT2D eigenvalue weighted by Gasteiger charge is -2.29. The molecule has 1 aromatic rings. The molecule has 0 saturated heterocycles. The van der Waals surface area contributed by atoms with Crippen molar-refractivity contribution in [3.05, 3.63) is 29.8 Å². The van der Waals surface area contributed by atoms with Gasteiger partial charge in [-0.25, -0.2) is 4.79 Å². The summed E-state index contributed by atoms with van der Waals surface area (Å²) in [6.07, 6.45) is -2.10. The molecular formula is C36H59N11O13S. The van der Waals surface area contributed by atoms with E-state index in [0.29, 0.717) is 5.56 Å². The number of carboxylic acid groups (broad SMARTS) is 1. The number of carboxylic acids is 1. The summed E-state index contributed by atoms with van der Waals surface area (Å²) < 4.78 is 0. The Bertz CT molecular complexity index is 1680. The van der Waals surface area contributed by atoms with E-state index >= 15 is 0 Å². The molecule has 61 heavy (non-hydrogen) atoms. The molecule has 0 unspecified atom stereocenters. The molecule has 0 aliphatic rings. The monoisotopic (exact) mass is 885 g/mol. The minimum absolute atomic E-state index is 0.0407. The number of hydrogen-bond donors (Lipinski definition) is 15. The molecule has 19 N–H and O–H groups in total. The topological polar surface area (TPSA) is 426 Å². The number of thioether (sulfide) groups is 1. The molecule has 0 aliphatic carbocycles. The molecule has 1 rings (SSSR count). The number of nitrogens with zero attached hydrogens (tertiary/aromatic N) is 1. The molecule has 1 aromatic carbocycles. The molecule has 0 fully saturated rings. The summed E-state index contributed by atoms with van der Waals surface area (Å²) in [5.41, 5.74) is 21.8. The number of phenols is 1. The van der Waals surface area contributed by atoms with Crippen molar-refractivity contribution in [2.45, 2.75) is 107 Å². The number of nitrogens with two attached hydrogens (primary N) is 4. The fraction of sp³-hybridized carbons (Fsp3) is 0.583. The Kier molecular flexibility index (Phi) is 23.7. The number of carbonyl (C=O) groups is 8. The highest BCUT2D eigenvalue weighted by Gasteiger charge is 2.36. The van der Waals surface area contributed by atoms with Gasteiger partial charge in [0.15, 0.2) is 5.96 Å². The van der Waals surface area contributed by atoms with E-state index in [9.17, 15) is 63.9 Å². The largest absolute Gasteiger partial charge is 0.508 e. The average Bonchev–Trinajstić information content (AvgIpc) is 3.19. The van der Waals surface area contributed by atoms with Crippen LogP contribution in [0.1, 0.15) is 51.5 Å². The van der Waals surface area contributed by atoms with Crippen LogP contribution in [0.2, 0.25) is 0 Å². The van der Waals surface area contributed by atoms with E-state index in [-0.39, 0.29) is 62.5 Å². The molecule has 0 saturated carbocycles. The first-order chi connectivity index (χ1) is 28.6. The van der Waals surface area contributed by atoms with Crippen LogP contribution >= 0.6 is 11.8 Å². The van der Waals surface area contributed by atoms with Gasteiger partial charge in [0.25, 0.3) is 0 Å². The maximum atomic E-state index is 13.8. The van der Waals surface area contributed by atoms with Crippen molar-refractivity contribution in [1.29, 1.82) is 0 Å². The lowest BCUT2D eigenvalue weighted by molar-refractivity contribution is -0.143. The quantitative estimate of drug-likeness (QED) is 0.0212. The third kappa shape index (κ3) is 19.9. The smallest absolute Gasteiger partial charge is 0.326 e. The van der Waals surface area contributed by atoms with E-state index in [1.165, 1.54) is 43.0 Å². The summed E-state index contributed by atoms with van der Waals surface area (Å²) in [4.78, 5) is 107. The number of primary amides is 1. The van der Waals surface area contributed by atoms with Gasteiger partial charge in [0.2, 0.25) is 41.4 Å². The van der Waals surface area contributed by atoms with Gasteiger partial charge in [-0.3, -0.25) is 38.6 Å². The molecule has 7 amide bonds. The van der Waals surface area contributed by atoms with Gasteiger partial charge in [0.1, 0.15) is 42.0 Å². The lowest BCUT2D eigenvalue weighted by Crippen LogP contribution is -2.62. The van der Waals surface area contributed by atoms with Crippen LogP contribution in [0, 0.1) is 0 Å². The molecule has 342 valence electrons. The third-order valence-electron chi connectivity index (χ3n) is 8.79. The van der Waals surface area contributed by atoms with Gasteiger partial charge in [-0.05, 0) is 69.2 Å². The van der Waals surface area contributed by atoms with Crippen LogP contribution in [0.3, 0.4) is 0 Å². The minimum atomic E-state index is -1.78. The molecule has 0 aliphatic heterocycles. The molecule has 0 aromatic heterocycles. The fourth-order valence-electron chi connectivity index (χ4n) is 5.36. The Balaban J connectivity index is 3.31. The number of aliphatic imine (C=N–C) groups is 1. The molecule has 0 radical (unpaired) electrons. The Morgan fingerprint density at radius 2 is 1.18 bits per heavy atom. The maximum Gasteiger partial charge on any atom is 0.326 e. The average molecular weight is 886 g/mol. The summed E-state index contributed by atoms with van der Waals surface area (Å²) in [5, 5.41) is 64.3. The Hall–Kier alpha value is -5.76. The van der Waals surface area contributed by atoms with Crippen LogP contribution in [0.15, 0.2) is 29.3 Å². The van der Waals surface area contributed by atoms with Crippen LogP contribution in [0.4, 0.5) is 0 Å². The zero-order valence-corrected chi connectivity index (χ0v) is 34.9. The normalized spacial score (nSPS) is 15.4. The predicted molar refractivity (Wildman–Crippen MR) is 221 cm³/mol. The summed E-state index contributed by atoms with van der Waals surface area (Å²) in [7, 11) is 0. The molecule has 0 bridgehead atoms. The van der Waals surface area contributed by atoms with Crippen molar-refractivity contribution in [3.63, 3.8) is 0 Å². The third-order valence-corrected chi connectivity index (χ3v) is 9.44. The fourth-order valence-corrected chi connectivity index (χ4v) is 5.83. The van der Waals surface area contributed by atoms with Crippen molar-refractivity contribution in [3.8, 4) is 5.75 Å². The first-order valence-electron chi connectivity index (χ1n) is 19.0. The molecule has 24 nitrogen and oxygen atoms in total. The molecule has 0 spiro atoms. The van der Waals surface area contributed by atoms with Crippen LogP contribution in [0.5, 0.6) is 5.75 Å². The molecule has 0 heterocycles. The second-order valence-corrected chi connectivity index (χ2v) is 14.9. The van der Waals surface area contributed by atoms with E-state index in [1.807, 2.05) is 0 Å². The first-order valence-corrected chi connectivity index (χ1v) is 20.4. The number of aliphatic hydroxyl groups is 3. The number of benzene rings is 1. The van der Waals surface area contributed by atoms with Gasteiger partial charge in [0, 0.05) is 19.4 Å². The van der Waals surface area contributed by atoms with Crippen molar-refractivity contribution >= 4 is 65.0 Å². The second kappa shape index (κ2) is 27.2. The zero-order valence-electron chi connectivity index (χ0n) is 34.0. The number of guanidine groups is 1. The van der Waals surface area contributed by atoms with Gasteiger partial charge < -0.3 is 80.4 Å². The van der Waals surface area contributed by atoms with Gasteiger partial charge in [-0.2, -0.15) is 11.8 Å². The molecular weight excluding hydrogens is 827 g/mol. The lowest BCUT2D eigenvalue weighted by atomic mass is 10.0. The Labute approximate surface area is 355 Å². The number of aromatic hydroxyl groups is 1. The summed E-state index contributed by atoms with van der Waals surface area (Å²) in [6.45, 7) is 1.39. The maximum absolute atomic E-state index is 13.8. The van der Waals surface area contributed by atoms with E-state index in [4.69, 9.17) is 22.9 Å². The van der Waals surface area contributed by atoms with Crippen LogP contribution in [-0.2, 0) is 44.8 Å². The number of rotatable bonds is 28. The number of amides is 7. The van der Waals surface area contributed by atoms with Crippen molar-refractivity contribution in [2.75, 3.05) is 25.2 Å². The van der Waals surface area contributed by atoms with Gasteiger partial charge in [0.05, 0.1) is 24.9 Å². The number of aliphatic hydroxyl groups excluding tert-OH is 3. The van der Waals surface area contributed by atoms with Gasteiger partial charge >= 0.3 is 5.97 Å². The summed E-state index contributed by atoms with van der Waals surface area (Å²) in [5.74, 6) is -8.35. The molecule has 9 atom stereocenters. The second-order valence-electron chi connectivity index (χ2n) is 13.9. The number of phenolic OH excluding ortho intramolecular Hbond substituents is 1. The summed E-state index contributed by atoms with van der Waals surface area (Å²) in [6, 6.07) is -5.41. The van der Waals surface area contributed by atoms with Gasteiger partial charge in [-0.15, -0.1) is 0 Å². The predicted octanol–water partition coefficient (Wildman–Crippen LogP) is -5.92. The summed E-state index contributed by atoms with van der Waals surface area (Å²) >= 11 is 1.29. The van der Waals surface area contributed by atoms with Gasteiger partial charge in [-0.1, -0.05) is 12.1 Å². The van der Waals surface area contributed by atoms with Crippen LogP contribution in [-0.4, -0.2) is 158 Å². The Morgan fingerprint density at radius 1 is 0.689 bits per heavy atom. The van der Waals surface area contributed by atoms with E-state index in [1.54, 1.807) is 6.26 Å². The SMILES string of the molecule is CSCC[C@H](NC(=O)[C@@H](NC(=O)[C@@H](N)CCC(N)=O)[C@@H](C)O)C(=O)N[C@H](C(=O)N[C@@H](Cc1ccc(O)cc1)C(=O)N[C@@H](CO)C(=O)N[C@@H](CCCN=C(N)N)C(=O)O)[C@@H](C)O. The number of nitrogens with one attached hydrogen (secondary N) is 6.